The van der Waals surface area contributed by atoms with Crippen LogP contribution in [0.25, 0.3) is 0 Å². The summed E-state index contributed by atoms with van der Waals surface area (Å²) in [5.41, 5.74) is 5.53. The van der Waals surface area contributed by atoms with Crippen molar-refractivity contribution in [2.24, 2.45) is 0 Å². The predicted molar refractivity (Wildman–Crippen MR) is 67.7 cm³/mol. The van der Waals surface area contributed by atoms with Gasteiger partial charge in [-0.2, -0.15) is 16.7 Å². The Labute approximate surface area is 99.2 Å². The molecule has 0 saturated heterocycles. The second-order valence-corrected chi connectivity index (χ2v) is 4.62. The van der Waals surface area contributed by atoms with Crippen LogP contribution in [-0.4, -0.2) is 35.1 Å². The van der Waals surface area contributed by atoms with Crippen LogP contribution in [0, 0.1) is 0 Å². The molecule has 0 aliphatic heterocycles. The van der Waals surface area contributed by atoms with Gasteiger partial charge in [0.25, 0.3) is 0 Å². The van der Waals surface area contributed by atoms with E-state index >= 15 is 0 Å². The minimum absolute atomic E-state index is 0.209. The van der Waals surface area contributed by atoms with Crippen LogP contribution in [0.15, 0.2) is 6.07 Å². The lowest BCUT2D eigenvalue weighted by Crippen LogP contribution is -2.31. The van der Waals surface area contributed by atoms with Crippen molar-refractivity contribution >= 4 is 35.1 Å². The Morgan fingerprint density at radius 2 is 2.27 bits per heavy atom. The van der Waals surface area contributed by atoms with Gasteiger partial charge in [-0.3, -0.25) is 0 Å². The van der Waals surface area contributed by atoms with E-state index in [2.05, 4.69) is 23.1 Å². The van der Waals surface area contributed by atoms with Crippen molar-refractivity contribution in [3.8, 4) is 0 Å². The molecule has 1 aromatic rings. The first-order valence-corrected chi connectivity index (χ1v) is 6.33. The predicted octanol–water partition coefficient (Wildman–Crippen LogP) is 1.90. The summed E-state index contributed by atoms with van der Waals surface area (Å²) in [6, 6.07) is 2.10. The maximum absolute atomic E-state index is 5.81. The van der Waals surface area contributed by atoms with E-state index < -0.39 is 0 Å². The third-order valence-electron chi connectivity index (χ3n) is 2.13. The van der Waals surface area contributed by atoms with Gasteiger partial charge >= 0.3 is 0 Å². The first-order valence-electron chi connectivity index (χ1n) is 4.56. The molecule has 1 rings (SSSR count). The molecular weight excluding hydrogens is 232 g/mol. The van der Waals surface area contributed by atoms with E-state index in [0.29, 0.717) is 11.2 Å². The van der Waals surface area contributed by atoms with E-state index in [1.165, 1.54) is 0 Å². The van der Waals surface area contributed by atoms with Crippen LogP contribution in [0.1, 0.15) is 6.92 Å². The molecule has 1 atom stereocenters. The fraction of sp³-hybridized carbons (Fsp3) is 0.556. The summed E-state index contributed by atoms with van der Waals surface area (Å²) in [6.45, 7) is 2.13. The van der Waals surface area contributed by atoms with Crippen molar-refractivity contribution in [2.75, 3.05) is 29.7 Å². The smallest absolute Gasteiger partial charge is 0.223 e. The van der Waals surface area contributed by atoms with Gasteiger partial charge in [0, 0.05) is 24.9 Å². The molecule has 0 saturated carbocycles. The average molecular weight is 247 g/mol. The number of halogens is 1. The lowest BCUT2D eigenvalue weighted by Gasteiger charge is -2.25. The van der Waals surface area contributed by atoms with E-state index in [9.17, 15) is 0 Å². The second kappa shape index (κ2) is 5.42. The maximum atomic E-state index is 5.81. The largest absolute Gasteiger partial charge is 0.368 e. The highest BCUT2D eigenvalue weighted by Gasteiger charge is 2.12. The molecule has 4 nitrogen and oxygen atoms in total. The molecule has 0 fully saturated rings. The summed E-state index contributed by atoms with van der Waals surface area (Å²) in [5, 5.41) is 0.376. The minimum Gasteiger partial charge on any atom is -0.368 e. The van der Waals surface area contributed by atoms with Crippen molar-refractivity contribution in [3.05, 3.63) is 11.2 Å². The molecule has 1 unspecified atom stereocenters. The van der Waals surface area contributed by atoms with E-state index in [1.54, 1.807) is 17.8 Å². The molecular formula is C9H15ClN4S. The van der Waals surface area contributed by atoms with Crippen molar-refractivity contribution in [2.45, 2.75) is 13.0 Å². The zero-order valence-corrected chi connectivity index (χ0v) is 10.6. The highest BCUT2D eigenvalue weighted by molar-refractivity contribution is 7.98. The third kappa shape index (κ3) is 3.43. The fourth-order valence-electron chi connectivity index (χ4n) is 1.18. The Morgan fingerprint density at radius 1 is 1.60 bits per heavy atom. The summed E-state index contributed by atoms with van der Waals surface area (Å²) < 4.78 is 0. The summed E-state index contributed by atoms with van der Waals surface area (Å²) >= 11 is 7.60. The molecule has 0 bridgehead atoms. The van der Waals surface area contributed by atoms with Crippen molar-refractivity contribution in [1.29, 1.82) is 0 Å². The molecule has 84 valence electrons. The number of hydrogen-bond donors (Lipinski definition) is 1. The summed E-state index contributed by atoms with van der Waals surface area (Å²) in [4.78, 5) is 10.0. The van der Waals surface area contributed by atoms with E-state index in [-0.39, 0.29) is 5.95 Å². The zero-order chi connectivity index (χ0) is 11.4. The molecule has 0 radical (unpaired) electrons. The molecule has 1 aromatic heterocycles. The summed E-state index contributed by atoms with van der Waals surface area (Å²) in [7, 11) is 1.97. The first-order chi connectivity index (χ1) is 7.04. The Balaban J connectivity index is 2.85. The molecule has 0 aliphatic rings. The second-order valence-electron chi connectivity index (χ2n) is 3.32. The lowest BCUT2D eigenvalue weighted by molar-refractivity contribution is 0.752. The van der Waals surface area contributed by atoms with E-state index in [4.69, 9.17) is 17.3 Å². The molecule has 2 N–H and O–H groups in total. The number of rotatable bonds is 4. The Morgan fingerprint density at radius 3 is 2.80 bits per heavy atom. The highest BCUT2D eigenvalue weighted by atomic mass is 35.5. The van der Waals surface area contributed by atoms with Crippen LogP contribution in [0.3, 0.4) is 0 Å². The number of nitrogens with two attached hydrogens (primary N) is 1. The lowest BCUT2D eigenvalue weighted by atomic mass is 10.3. The van der Waals surface area contributed by atoms with Gasteiger partial charge < -0.3 is 10.6 Å². The van der Waals surface area contributed by atoms with Gasteiger partial charge in [0.2, 0.25) is 5.95 Å². The molecule has 0 aromatic carbocycles. The van der Waals surface area contributed by atoms with E-state index in [0.717, 1.165) is 11.6 Å². The number of hydrogen-bond acceptors (Lipinski definition) is 5. The van der Waals surface area contributed by atoms with Crippen molar-refractivity contribution in [1.82, 2.24) is 9.97 Å². The van der Waals surface area contributed by atoms with Crippen molar-refractivity contribution < 1.29 is 0 Å². The van der Waals surface area contributed by atoms with Gasteiger partial charge in [-0.25, -0.2) is 4.98 Å². The molecule has 6 heteroatoms. The number of nitrogens with zero attached hydrogens (tertiary/aromatic N) is 3. The quantitative estimate of drug-likeness (QED) is 0.823. The third-order valence-corrected chi connectivity index (χ3v) is 3.14. The van der Waals surface area contributed by atoms with Crippen LogP contribution < -0.4 is 10.6 Å². The van der Waals surface area contributed by atoms with Crippen LogP contribution in [0.2, 0.25) is 5.15 Å². The summed E-state index contributed by atoms with van der Waals surface area (Å²) in [5.74, 6) is 1.99. The van der Waals surface area contributed by atoms with Crippen LogP contribution in [-0.2, 0) is 0 Å². The molecule has 0 amide bonds. The Kier molecular flexibility index (Phi) is 4.47. The maximum Gasteiger partial charge on any atom is 0.223 e. The standard InChI is InChI=1S/C9H15ClN4S/c1-6(5-15-3)14(2)8-4-7(10)12-9(11)13-8/h4,6H,5H2,1-3H3,(H2,11,12,13). The Hall–Kier alpha value is -0.680. The summed E-state index contributed by atoms with van der Waals surface area (Å²) in [6.07, 6.45) is 2.08. The normalized spacial score (nSPS) is 12.5. The number of thioether (sulfide) groups is 1. The SMILES string of the molecule is CSCC(C)N(C)c1cc(Cl)nc(N)n1. The number of anilines is 2. The molecule has 15 heavy (non-hydrogen) atoms. The molecule has 0 spiro atoms. The molecule has 0 aliphatic carbocycles. The van der Waals surface area contributed by atoms with Gasteiger partial charge in [0.15, 0.2) is 0 Å². The van der Waals surface area contributed by atoms with Gasteiger partial charge in [0.05, 0.1) is 0 Å². The topological polar surface area (TPSA) is 55.0 Å². The van der Waals surface area contributed by atoms with Crippen LogP contribution >= 0.6 is 23.4 Å². The van der Waals surface area contributed by atoms with Gasteiger partial charge in [0.1, 0.15) is 11.0 Å². The minimum atomic E-state index is 0.209. The number of aromatic nitrogens is 2. The Bertz CT molecular complexity index is 314. The zero-order valence-electron chi connectivity index (χ0n) is 9.07. The van der Waals surface area contributed by atoms with Gasteiger partial charge in [-0.1, -0.05) is 11.6 Å². The first kappa shape index (κ1) is 12.4. The monoisotopic (exact) mass is 246 g/mol. The number of nitrogen functional groups attached to an aromatic ring is 1. The van der Waals surface area contributed by atoms with Crippen molar-refractivity contribution in [3.63, 3.8) is 0 Å². The fourth-order valence-corrected chi connectivity index (χ4v) is 2.07. The average Bonchev–Trinajstić information content (AvgIpc) is 2.15. The van der Waals surface area contributed by atoms with Gasteiger partial charge in [-0.15, -0.1) is 0 Å². The van der Waals surface area contributed by atoms with E-state index in [1.807, 2.05) is 11.9 Å². The molecule has 1 heterocycles. The highest BCUT2D eigenvalue weighted by Crippen LogP contribution is 2.18. The van der Waals surface area contributed by atoms with Crippen LogP contribution in [0.4, 0.5) is 11.8 Å². The van der Waals surface area contributed by atoms with Crippen LogP contribution in [0.5, 0.6) is 0 Å². The van der Waals surface area contributed by atoms with Gasteiger partial charge in [-0.05, 0) is 13.2 Å².